The Balaban J connectivity index is 1.58. The number of carbonyl (C=O) groups excluding carboxylic acids is 2. The number of fused-ring (bicyclic) bond motifs is 1. The van der Waals surface area contributed by atoms with Crippen LogP contribution in [0.3, 0.4) is 0 Å². The number of ether oxygens (including phenoxy) is 1. The van der Waals surface area contributed by atoms with Gasteiger partial charge in [-0.3, -0.25) is 9.59 Å². The number of aryl methyl sites for hydroxylation is 1. The highest BCUT2D eigenvalue weighted by Crippen LogP contribution is 2.29. The zero-order valence-corrected chi connectivity index (χ0v) is 23.8. The van der Waals surface area contributed by atoms with Crippen molar-refractivity contribution in [1.82, 2.24) is 20.1 Å². The Labute approximate surface area is 240 Å². The molecule has 2 amide bonds. The molecule has 3 N–H and O–H groups in total. The summed E-state index contributed by atoms with van der Waals surface area (Å²) in [5.74, 6) is -1.97. The average Bonchev–Trinajstić information content (AvgIpc) is 3.23. The summed E-state index contributed by atoms with van der Waals surface area (Å²) in [5, 5.41) is 20.1. The molecule has 0 radical (unpaired) electrons. The van der Waals surface area contributed by atoms with E-state index in [2.05, 4.69) is 20.7 Å². The van der Waals surface area contributed by atoms with Gasteiger partial charge < -0.3 is 20.5 Å². The fraction of sp³-hybridized carbons (Fsp3) is 0.407. The molecule has 0 bridgehead atoms. The fourth-order valence-corrected chi connectivity index (χ4v) is 4.97. The number of aromatic nitrogens is 3. The molecule has 15 heteroatoms. The second kappa shape index (κ2) is 11.7. The number of rotatable bonds is 10. The van der Waals surface area contributed by atoms with E-state index in [4.69, 9.17) is 4.74 Å². The topological polar surface area (TPSA) is 153 Å². The lowest BCUT2D eigenvalue weighted by atomic mass is 9.96. The molecule has 0 saturated heterocycles. The molecule has 3 heterocycles. The molecule has 42 heavy (non-hydrogen) atoms. The van der Waals surface area contributed by atoms with E-state index in [9.17, 15) is 36.3 Å². The van der Waals surface area contributed by atoms with Crippen molar-refractivity contribution >= 4 is 27.5 Å². The number of amides is 2. The number of pyridine rings is 1. The van der Waals surface area contributed by atoms with E-state index in [1.54, 1.807) is 38.1 Å². The van der Waals surface area contributed by atoms with Crippen LogP contribution in [0.15, 0.2) is 42.6 Å². The normalized spacial score (nSPS) is 15.6. The van der Waals surface area contributed by atoms with Crippen molar-refractivity contribution in [1.29, 1.82) is 0 Å². The van der Waals surface area contributed by atoms with Gasteiger partial charge in [0.15, 0.2) is 28.1 Å². The molecule has 1 aromatic carbocycles. The molecule has 0 saturated carbocycles. The average molecular weight is 610 g/mol. The molecule has 1 aliphatic rings. The summed E-state index contributed by atoms with van der Waals surface area (Å²) in [6, 6.07) is 9.03. The fourth-order valence-electron chi connectivity index (χ4n) is 4.42. The number of hydrogen-bond donors (Lipinski definition) is 3. The van der Waals surface area contributed by atoms with Crippen LogP contribution in [0, 0.1) is 0 Å². The number of aliphatic hydroxyl groups is 1. The van der Waals surface area contributed by atoms with Crippen molar-refractivity contribution in [2.24, 2.45) is 0 Å². The van der Waals surface area contributed by atoms with Crippen LogP contribution >= 0.6 is 0 Å². The van der Waals surface area contributed by atoms with Crippen LogP contribution in [0.1, 0.15) is 47.4 Å². The number of nitrogens with zero attached hydrogens (tertiary/aromatic N) is 3. The highest BCUT2D eigenvalue weighted by Gasteiger charge is 2.33. The number of carbonyl (C=O) groups is 2. The van der Waals surface area contributed by atoms with Gasteiger partial charge in [0, 0.05) is 30.5 Å². The Bertz CT molecular complexity index is 1580. The summed E-state index contributed by atoms with van der Waals surface area (Å²) in [6.45, 7) is 1.77. The van der Waals surface area contributed by atoms with Crippen molar-refractivity contribution in [2.75, 3.05) is 23.9 Å². The van der Waals surface area contributed by atoms with Crippen LogP contribution in [-0.2, 0) is 33.1 Å². The van der Waals surface area contributed by atoms with Crippen molar-refractivity contribution in [2.45, 2.75) is 50.9 Å². The van der Waals surface area contributed by atoms with Crippen LogP contribution in [0.5, 0.6) is 5.75 Å². The van der Waals surface area contributed by atoms with E-state index in [1.165, 1.54) is 23.0 Å². The van der Waals surface area contributed by atoms with Crippen molar-refractivity contribution in [3.8, 4) is 11.6 Å². The van der Waals surface area contributed by atoms with Gasteiger partial charge in [-0.2, -0.15) is 23.0 Å². The minimum atomic E-state index is -4.46. The molecule has 0 aliphatic carbocycles. The quantitative estimate of drug-likeness (QED) is 0.317. The monoisotopic (exact) mass is 609 g/mol. The third kappa shape index (κ3) is 8.06. The molecule has 0 spiro atoms. The van der Waals surface area contributed by atoms with Crippen LogP contribution in [0.25, 0.3) is 5.82 Å². The molecule has 226 valence electrons. The number of sulfone groups is 1. The van der Waals surface area contributed by atoms with E-state index in [-0.39, 0.29) is 29.4 Å². The first-order valence-corrected chi connectivity index (χ1v) is 14.9. The summed E-state index contributed by atoms with van der Waals surface area (Å²) in [5.41, 5.74) is 0.457. The number of nitrogens with one attached hydrogen (secondary N) is 2. The smallest absolute Gasteiger partial charge is 0.422 e. The van der Waals surface area contributed by atoms with E-state index < -0.39 is 51.8 Å². The highest BCUT2D eigenvalue weighted by atomic mass is 32.2. The van der Waals surface area contributed by atoms with E-state index >= 15 is 0 Å². The Morgan fingerprint density at radius 2 is 1.98 bits per heavy atom. The second-order valence-corrected chi connectivity index (χ2v) is 12.8. The van der Waals surface area contributed by atoms with Gasteiger partial charge in [-0.15, -0.1) is 0 Å². The van der Waals surface area contributed by atoms with Crippen LogP contribution < -0.4 is 15.4 Å². The van der Waals surface area contributed by atoms with E-state index in [0.717, 1.165) is 6.26 Å². The van der Waals surface area contributed by atoms with Gasteiger partial charge in [-0.25, -0.2) is 13.4 Å². The summed E-state index contributed by atoms with van der Waals surface area (Å²) in [4.78, 5) is 30.1. The minimum Gasteiger partial charge on any atom is -0.484 e. The van der Waals surface area contributed by atoms with Gasteiger partial charge in [0.1, 0.15) is 17.1 Å². The van der Waals surface area contributed by atoms with Crippen LogP contribution in [0.4, 0.5) is 19.0 Å². The van der Waals surface area contributed by atoms with Gasteiger partial charge >= 0.3 is 6.18 Å². The largest absolute Gasteiger partial charge is 0.484 e. The Morgan fingerprint density at radius 1 is 1.24 bits per heavy atom. The standard InChI is InChI=1S/C27H30F3N5O6S/c1-26(2,38)17-8-10-21(31-13-17)35-24(33-22(36)14-42(3,39)40)23-20(34-35)12-18(32-25(23)37)9-7-16-5-4-6-19(11-16)41-15-27(28,29)30/h4-6,8,10-11,13,18,38H,7,9,12,14-15H2,1-3H3,(H,32,37)(H,33,36)/t18-/m0/s1. The second-order valence-electron chi connectivity index (χ2n) is 10.6. The third-order valence-electron chi connectivity index (χ3n) is 6.36. The van der Waals surface area contributed by atoms with Gasteiger partial charge in [-0.1, -0.05) is 18.2 Å². The molecule has 1 aliphatic heterocycles. The lowest BCUT2D eigenvalue weighted by Crippen LogP contribution is -2.41. The number of anilines is 1. The zero-order chi connectivity index (χ0) is 30.9. The molecule has 1 atom stereocenters. The number of halogens is 3. The van der Waals surface area contributed by atoms with Crippen LogP contribution in [0.2, 0.25) is 0 Å². The summed E-state index contributed by atoms with van der Waals surface area (Å²) < 4.78 is 66.9. The lowest BCUT2D eigenvalue weighted by Gasteiger charge is -2.23. The highest BCUT2D eigenvalue weighted by molar-refractivity contribution is 7.91. The maximum atomic E-state index is 13.2. The molecular weight excluding hydrogens is 579 g/mol. The number of alkyl halides is 3. The Kier molecular flexibility index (Phi) is 8.64. The SMILES string of the molecule is CC(C)(O)c1ccc(-n2nc3c(c2NC(=O)CS(C)(=O)=O)C(=O)N[C@@H](CCc2cccc(OCC(F)(F)F)c2)C3)nc1. The summed E-state index contributed by atoms with van der Waals surface area (Å²) in [6.07, 6.45) is -1.02. The maximum Gasteiger partial charge on any atom is 0.422 e. The predicted molar refractivity (Wildman–Crippen MR) is 146 cm³/mol. The Morgan fingerprint density at radius 3 is 2.60 bits per heavy atom. The number of hydrogen-bond acceptors (Lipinski definition) is 8. The van der Waals surface area contributed by atoms with Gasteiger partial charge in [0.05, 0.1) is 11.3 Å². The molecule has 3 aromatic rings. The molecular formula is C27H30F3N5O6S. The zero-order valence-electron chi connectivity index (χ0n) is 23.0. The maximum absolute atomic E-state index is 13.2. The Hall–Kier alpha value is -3.98. The molecule has 2 aromatic heterocycles. The molecule has 0 unspecified atom stereocenters. The van der Waals surface area contributed by atoms with Gasteiger partial charge in [0.2, 0.25) is 5.91 Å². The van der Waals surface area contributed by atoms with Crippen LogP contribution in [-0.4, -0.2) is 70.9 Å². The van der Waals surface area contributed by atoms with Crippen molar-refractivity contribution in [3.63, 3.8) is 0 Å². The first-order valence-electron chi connectivity index (χ1n) is 12.9. The van der Waals surface area contributed by atoms with E-state index in [0.29, 0.717) is 29.7 Å². The predicted octanol–water partition coefficient (Wildman–Crippen LogP) is 2.71. The summed E-state index contributed by atoms with van der Waals surface area (Å²) in [7, 11) is -3.67. The molecule has 0 fully saturated rings. The lowest BCUT2D eigenvalue weighted by molar-refractivity contribution is -0.153. The summed E-state index contributed by atoms with van der Waals surface area (Å²) >= 11 is 0. The third-order valence-corrected chi connectivity index (χ3v) is 7.15. The van der Waals surface area contributed by atoms with Crippen molar-refractivity contribution < 1.29 is 41.0 Å². The van der Waals surface area contributed by atoms with Crippen molar-refractivity contribution in [3.05, 3.63) is 65.0 Å². The van der Waals surface area contributed by atoms with E-state index in [1.807, 2.05) is 0 Å². The molecule has 4 rings (SSSR count). The number of benzene rings is 1. The molecule has 11 nitrogen and oxygen atoms in total. The first kappa shape index (κ1) is 31.0. The first-order chi connectivity index (χ1) is 19.5. The van der Waals surface area contributed by atoms with Gasteiger partial charge in [-0.05, 0) is 50.5 Å². The minimum absolute atomic E-state index is 0.0485. The van der Waals surface area contributed by atoms with Gasteiger partial charge in [0.25, 0.3) is 5.91 Å².